The van der Waals surface area contributed by atoms with E-state index < -0.39 is 0 Å². The Labute approximate surface area is 113 Å². The molecule has 3 nitrogen and oxygen atoms in total. The summed E-state index contributed by atoms with van der Waals surface area (Å²) in [6.45, 7) is 3.45. The van der Waals surface area contributed by atoms with E-state index in [0.717, 1.165) is 15.9 Å². The largest absolute Gasteiger partial charge is 0.347 e. The first-order valence-corrected chi connectivity index (χ1v) is 7.67. The van der Waals surface area contributed by atoms with Gasteiger partial charge in [-0.25, -0.2) is 0 Å². The van der Waals surface area contributed by atoms with Gasteiger partial charge in [-0.3, -0.25) is 4.79 Å². The second-order valence-corrected chi connectivity index (χ2v) is 6.67. The molecule has 4 rings (SSSR count). The number of hydrogen-bond donors (Lipinski definition) is 1. The summed E-state index contributed by atoms with van der Waals surface area (Å²) in [6, 6.07) is 2.24. The number of thiophene rings is 1. The Morgan fingerprint density at radius 2 is 2.24 bits per heavy atom. The van der Waals surface area contributed by atoms with Crippen molar-refractivity contribution in [1.82, 2.24) is 10.2 Å². The fourth-order valence-electron chi connectivity index (χ4n) is 2.80. The van der Waals surface area contributed by atoms with E-state index in [-0.39, 0.29) is 5.91 Å². The van der Waals surface area contributed by atoms with Gasteiger partial charge in [0.15, 0.2) is 0 Å². The number of carbonyl (C=O) groups is 1. The van der Waals surface area contributed by atoms with Crippen LogP contribution in [0.3, 0.4) is 0 Å². The smallest absolute Gasteiger partial charge is 0.261 e. The molecule has 0 aliphatic carbocycles. The molecule has 3 fully saturated rings. The van der Waals surface area contributed by atoms with Crippen LogP contribution in [0, 0.1) is 5.92 Å². The monoisotopic (exact) mass is 314 g/mol. The van der Waals surface area contributed by atoms with Gasteiger partial charge in [0.2, 0.25) is 0 Å². The maximum Gasteiger partial charge on any atom is 0.261 e. The predicted molar refractivity (Wildman–Crippen MR) is 72.4 cm³/mol. The van der Waals surface area contributed by atoms with Crippen LogP contribution in [-0.2, 0) is 0 Å². The molecule has 17 heavy (non-hydrogen) atoms. The fourth-order valence-corrected chi connectivity index (χ4v) is 4.13. The summed E-state index contributed by atoms with van der Waals surface area (Å²) >= 11 is 4.87. The number of nitrogens with one attached hydrogen (secondary N) is 1. The van der Waals surface area contributed by atoms with E-state index in [1.807, 2.05) is 11.4 Å². The molecule has 3 saturated heterocycles. The lowest BCUT2D eigenvalue weighted by molar-refractivity contribution is 0.0622. The summed E-state index contributed by atoms with van der Waals surface area (Å²) in [5, 5.41) is 5.14. The minimum Gasteiger partial charge on any atom is -0.347 e. The molecule has 3 aliphatic rings. The second-order valence-electron chi connectivity index (χ2n) is 4.85. The summed E-state index contributed by atoms with van der Waals surface area (Å²) in [5.41, 5.74) is 0. The van der Waals surface area contributed by atoms with E-state index in [4.69, 9.17) is 0 Å². The molecule has 3 aliphatic heterocycles. The maximum atomic E-state index is 12.1. The number of rotatable bonds is 2. The molecule has 1 aromatic heterocycles. The van der Waals surface area contributed by atoms with Crippen LogP contribution < -0.4 is 5.32 Å². The highest BCUT2D eigenvalue weighted by Crippen LogP contribution is 2.28. The van der Waals surface area contributed by atoms with Gasteiger partial charge in [-0.15, -0.1) is 11.3 Å². The Morgan fingerprint density at radius 3 is 2.76 bits per heavy atom. The van der Waals surface area contributed by atoms with Gasteiger partial charge in [0.1, 0.15) is 0 Å². The number of hydrogen-bond acceptors (Lipinski definition) is 3. The fraction of sp³-hybridized carbons (Fsp3) is 0.583. The van der Waals surface area contributed by atoms with E-state index >= 15 is 0 Å². The number of piperidine rings is 3. The molecule has 0 aromatic carbocycles. The molecular formula is C12H15BrN2OS. The SMILES string of the molecule is O=C(N[C@H]1CN2CCC1CC2)c1cc(Br)cs1. The lowest BCUT2D eigenvalue weighted by atomic mass is 9.84. The number of fused-ring (bicyclic) bond motifs is 3. The van der Waals surface area contributed by atoms with E-state index in [1.165, 1.54) is 37.3 Å². The van der Waals surface area contributed by atoms with Crippen molar-refractivity contribution in [2.45, 2.75) is 18.9 Å². The first kappa shape index (κ1) is 11.7. The third-order valence-corrected chi connectivity index (χ3v) is 5.45. The Hall–Kier alpha value is -0.390. The normalized spacial score (nSPS) is 31.5. The van der Waals surface area contributed by atoms with Gasteiger partial charge < -0.3 is 10.2 Å². The molecule has 0 spiro atoms. The lowest BCUT2D eigenvalue weighted by Crippen LogP contribution is -2.57. The minimum absolute atomic E-state index is 0.0828. The summed E-state index contributed by atoms with van der Waals surface area (Å²) in [4.78, 5) is 15.3. The number of halogens is 1. The van der Waals surface area contributed by atoms with Crippen LogP contribution >= 0.6 is 27.3 Å². The van der Waals surface area contributed by atoms with Crippen LogP contribution in [0.1, 0.15) is 22.5 Å². The molecule has 1 amide bonds. The number of amides is 1. The Kier molecular flexibility index (Phi) is 3.23. The predicted octanol–water partition coefficient (Wildman–Crippen LogP) is 2.33. The quantitative estimate of drug-likeness (QED) is 0.908. The van der Waals surface area contributed by atoms with Gasteiger partial charge in [-0.2, -0.15) is 0 Å². The Balaban J connectivity index is 1.65. The van der Waals surface area contributed by atoms with Crippen LogP contribution in [0.5, 0.6) is 0 Å². The minimum atomic E-state index is 0.0828. The van der Waals surface area contributed by atoms with E-state index in [9.17, 15) is 4.79 Å². The molecule has 92 valence electrons. The van der Waals surface area contributed by atoms with E-state index in [0.29, 0.717) is 12.0 Å². The third kappa shape index (κ3) is 2.41. The molecule has 1 aromatic rings. The second kappa shape index (κ2) is 4.71. The molecule has 0 radical (unpaired) electrons. The van der Waals surface area contributed by atoms with Crippen molar-refractivity contribution in [3.63, 3.8) is 0 Å². The van der Waals surface area contributed by atoms with Crippen molar-refractivity contribution < 1.29 is 4.79 Å². The van der Waals surface area contributed by atoms with Crippen molar-refractivity contribution >= 4 is 33.2 Å². The Morgan fingerprint density at radius 1 is 1.47 bits per heavy atom. The molecule has 0 unspecified atom stereocenters. The first-order valence-electron chi connectivity index (χ1n) is 5.99. The van der Waals surface area contributed by atoms with Gasteiger partial charge in [0.25, 0.3) is 5.91 Å². The molecule has 4 heterocycles. The summed E-state index contributed by atoms with van der Waals surface area (Å²) < 4.78 is 0.988. The van der Waals surface area contributed by atoms with Gasteiger partial charge in [-0.05, 0) is 53.8 Å². The summed E-state index contributed by atoms with van der Waals surface area (Å²) in [7, 11) is 0. The van der Waals surface area contributed by atoms with Gasteiger partial charge in [0, 0.05) is 22.4 Å². The van der Waals surface area contributed by atoms with Gasteiger partial charge >= 0.3 is 0 Å². The number of carbonyl (C=O) groups excluding carboxylic acids is 1. The molecule has 5 heteroatoms. The van der Waals surface area contributed by atoms with Crippen molar-refractivity contribution in [2.75, 3.05) is 19.6 Å². The van der Waals surface area contributed by atoms with Crippen LogP contribution in [-0.4, -0.2) is 36.5 Å². The zero-order valence-corrected chi connectivity index (χ0v) is 11.9. The molecule has 2 bridgehead atoms. The zero-order chi connectivity index (χ0) is 11.8. The van der Waals surface area contributed by atoms with Crippen molar-refractivity contribution in [1.29, 1.82) is 0 Å². The van der Waals surface area contributed by atoms with E-state index in [2.05, 4.69) is 26.1 Å². The lowest BCUT2D eigenvalue weighted by Gasteiger charge is -2.44. The van der Waals surface area contributed by atoms with Crippen molar-refractivity contribution in [3.8, 4) is 0 Å². The molecular weight excluding hydrogens is 300 g/mol. The van der Waals surface area contributed by atoms with Crippen LogP contribution in [0.2, 0.25) is 0 Å². The number of nitrogens with zero attached hydrogens (tertiary/aromatic N) is 1. The highest BCUT2D eigenvalue weighted by molar-refractivity contribution is 9.10. The van der Waals surface area contributed by atoms with Crippen LogP contribution in [0.4, 0.5) is 0 Å². The van der Waals surface area contributed by atoms with Crippen LogP contribution in [0.25, 0.3) is 0 Å². The zero-order valence-electron chi connectivity index (χ0n) is 9.49. The molecule has 1 N–H and O–H groups in total. The van der Waals surface area contributed by atoms with Gasteiger partial charge in [-0.1, -0.05) is 0 Å². The Bertz CT molecular complexity index is 426. The van der Waals surface area contributed by atoms with Crippen molar-refractivity contribution in [3.05, 3.63) is 20.8 Å². The van der Waals surface area contributed by atoms with E-state index in [1.54, 1.807) is 0 Å². The average Bonchev–Trinajstić information content (AvgIpc) is 2.77. The van der Waals surface area contributed by atoms with Gasteiger partial charge in [0.05, 0.1) is 4.88 Å². The van der Waals surface area contributed by atoms with Crippen molar-refractivity contribution in [2.24, 2.45) is 5.92 Å². The third-order valence-electron chi connectivity index (χ3n) is 3.76. The maximum absolute atomic E-state index is 12.1. The topological polar surface area (TPSA) is 32.3 Å². The van der Waals surface area contributed by atoms with Crippen LogP contribution in [0.15, 0.2) is 15.9 Å². The molecule has 1 atom stereocenters. The standard InChI is InChI=1S/C12H15BrN2OS/c13-9-5-11(17-7-9)12(16)14-10-6-15-3-1-8(10)2-4-15/h5,7-8,10H,1-4,6H2,(H,14,16)/t10-/m0/s1. The first-order chi connectivity index (χ1) is 8.22. The highest BCUT2D eigenvalue weighted by Gasteiger charge is 2.35. The summed E-state index contributed by atoms with van der Waals surface area (Å²) in [5.74, 6) is 0.770. The highest BCUT2D eigenvalue weighted by atomic mass is 79.9. The summed E-state index contributed by atoms with van der Waals surface area (Å²) in [6.07, 6.45) is 2.47. The average molecular weight is 315 g/mol. The molecule has 0 saturated carbocycles.